The summed E-state index contributed by atoms with van der Waals surface area (Å²) in [5.74, 6) is 1.82. The van der Waals surface area contributed by atoms with Crippen LogP contribution in [0.1, 0.15) is 89.8 Å². The van der Waals surface area contributed by atoms with Crippen LogP contribution in [0.4, 0.5) is 0 Å². The van der Waals surface area contributed by atoms with Crippen LogP contribution in [0, 0.1) is 6.92 Å². The zero-order valence-corrected chi connectivity index (χ0v) is 32.7. The van der Waals surface area contributed by atoms with E-state index in [0.717, 1.165) is 33.0 Å². The Morgan fingerprint density at radius 2 is 0.896 bits per heavy atom. The van der Waals surface area contributed by atoms with E-state index in [2.05, 4.69) is 19.7 Å². The fourth-order valence-corrected chi connectivity index (χ4v) is 4.96. The minimum absolute atomic E-state index is 0. The van der Waals surface area contributed by atoms with Gasteiger partial charge in [0.2, 0.25) is 0 Å². The fourth-order valence-electron chi connectivity index (χ4n) is 4.96. The summed E-state index contributed by atoms with van der Waals surface area (Å²) < 4.78 is 0. The summed E-state index contributed by atoms with van der Waals surface area (Å²) in [7, 11) is 0. The number of rotatable bonds is 5. The Morgan fingerprint density at radius 1 is 0.521 bits per heavy atom. The molecule has 5 heterocycles. The number of nitrogens with zero attached hydrogens (tertiary/aromatic N) is 8. The van der Waals surface area contributed by atoms with Gasteiger partial charge >= 0.3 is 19.5 Å². The van der Waals surface area contributed by atoms with Crippen molar-refractivity contribution >= 4 is 61.7 Å². The molecule has 2 aliphatic heterocycles. The summed E-state index contributed by atoms with van der Waals surface area (Å²) in [6.07, 6.45) is 13.0. The second kappa shape index (κ2) is 18.5. The van der Waals surface area contributed by atoms with Crippen molar-refractivity contribution in [1.82, 2.24) is 39.9 Å². The second-order valence-corrected chi connectivity index (χ2v) is 9.33. The molecule has 8 nitrogen and oxygen atoms in total. The van der Waals surface area contributed by atoms with Gasteiger partial charge in [-0.3, -0.25) is 0 Å². The van der Waals surface area contributed by atoms with Crippen LogP contribution in [-0.2, 0) is 19.5 Å². The van der Waals surface area contributed by atoms with E-state index in [1.54, 1.807) is 18.2 Å². The molecule has 0 amide bonds. The van der Waals surface area contributed by atoms with Crippen molar-refractivity contribution < 1.29 is 19.5 Å². The molecule has 6 rings (SSSR count). The molecule has 0 unspecified atom stereocenters. The van der Waals surface area contributed by atoms with E-state index in [1.165, 1.54) is 0 Å². The van der Waals surface area contributed by atoms with Crippen LogP contribution in [0.15, 0.2) is 80.5 Å². The zero-order valence-electron chi connectivity index (χ0n) is 29.8. The first-order valence-electron chi connectivity index (χ1n) is 16.1. The maximum Gasteiger partial charge on any atom is 2.00 e. The van der Waals surface area contributed by atoms with Gasteiger partial charge in [-0.2, -0.15) is 0 Å². The van der Waals surface area contributed by atoms with Crippen molar-refractivity contribution in [2.75, 3.05) is 0 Å². The van der Waals surface area contributed by atoms with E-state index in [-0.39, 0.29) is 19.5 Å². The Labute approximate surface area is 297 Å². The van der Waals surface area contributed by atoms with Gasteiger partial charge in [-0.25, -0.2) is 9.97 Å². The zero-order chi connectivity index (χ0) is 34.7. The molecule has 0 saturated carbocycles. The van der Waals surface area contributed by atoms with Crippen molar-refractivity contribution in [1.29, 1.82) is 0 Å². The molecule has 0 atom stereocenters. The first-order valence-corrected chi connectivity index (χ1v) is 16.1. The van der Waals surface area contributed by atoms with Crippen LogP contribution in [0.5, 0.6) is 0 Å². The minimum atomic E-state index is 0. The van der Waals surface area contributed by atoms with Gasteiger partial charge in [0.15, 0.2) is 0 Å². The van der Waals surface area contributed by atoms with Gasteiger partial charge in [0.1, 0.15) is 0 Å². The maximum absolute atomic E-state index is 4.91. The van der Waals surface area contributed by atoms with Crippen LogP contribution in [0.25, 0.3) is 61.7 Å². The van der Waals surface area contributed by atoms with E-state index in [4.69, 9.17) is 39.9 Å². The molecule has 242 valence electrons. The van der Waals surface area contributed by atoms with Gasteiger partial charge in [0.25, 0.3) is 0 Å². The Morgan fingerprint density at radius 3 is 1.33 bits per heavy atom. The number of fused-ring (bicyclic) bond motifs is 11. The summed E-state index contributed by atoms with van der Waals surface area (Å²) in [6, 6.07) is 7.82. The van der Waals surface area contributed by atoms with Gasteiger partial charge in [-0.05, 0) is 42.7 Å². The van der Waals surface area contributed by atoms with Crippen molar-refractivity contribution in [3.05, 3.63) is 115 Å². The summed E-state index contributed by atoms with van der Waals surface area (Å²) in [6.45, 7) is 29.9. The predicted octanol–water partition coefficient (Wildman–Crippen LogP) is 9.68. The van der Waals surface area contributed by atoms with Crippen LogP contribution in [-0.4, -0.2) is 29.9 Å². The standard InChI is InChI=1S/C33H26N8.3C2H6.Zn/c1-7-14-22-18(6)26-34-30(22)37-27-19(9-3)20(10-4)28(36-27)38-32-24-16-12-13-17-25(24)33(41-32)40-29-21(11-5)23(15-8-2)31(35-26)39-29;3*1-2;/h7-17H,3-5H2,1-2,6H3;3*1-2H3;/q-2;;;;+2/b14-7-,15-8-;;;;. The van der Waals surface area contributed by atoms with Crippen molar-refractivity contribution in [2.24, 2.45) is 0 Å². The molecule has 3 aromatic heterocycles. The third-order valence-corrected chi connectivity index (χ3v) is 6.91. The number of allylic oxidation sites excluding steroid dienone is 10. The van der Waals surface area contributed by atoms with Crippen molar-refractivity contribution in [3.63, 3.8) is 0 Å². The fraction of sp³-hybridized carbons (Fsp3) is 0.231. The molecule has 1 aromatic carbocycles. The maximum atomic E-state index is 4.91. The molecule has 0 radical (unpaired) electrons. The number of aryl methyl sites for hydroxylation is 1. The SMILES string of the molecule is C=CC1=C(C=C)c2nc1nc1[n-]c(nc3nc(nc4[n-]c(n2)c2ccccc42)C(C=C)=C3/C=C\C)c(C)c1/C=C\C.CC.CC.CC.[Zn+2]. The number of benzene rings is 1. The molecule has 2 aliphatic rings. The number of hydrogen-bond acceptors (Lipinski definition) is 6. The van der Waals surface area contributed by atoms with Crippen molar-refractivity contribution in [2.45, 2.75) is 62.3 Å². The van der Waals surface area contributed by atoms with Crippen LogP contribution >= 0.6 is 0 Å². The van der Waals surface area contributed by atoms with E-state index in [9.17, 15) is 0 Å². The van der Waals surface area contributed by atoms with Gasteiger partial charge in [-0.15, -0.1) is 0 Å². The van der Waals surface area contributed by atoms with E-state index in [1.807, 2.05) is 111 Å². The second-order valence-electron chi connectivity index (χ2n) is 9.33. The summed E-state index contributed by atoms with van der Waals surface area (Å²) in [4.78, 5) is 38.8. The van der Waals surface area contributed by atoms with Gasteiger partial charge in [-0.1, -0.05) is 128 Å². The number of hydrogen-bond donors (Lipinski definition) is 0. The Bertz CT molecular complexity index is 2090. The predicted molar refractivity (Wildman–Crippen MR) is 200 cm³/mol. The largest absolute Gasteiger partial charge is 2.00 e. The van der Waals surface area contributed by atoms with Crippen LogP contribution < -0.4 is 9.97 Å². The molecule has 0 N–H and O–H groups in total. The van der Waals surface area contributed by atoms with Crippen LogP contribution in [0.2, 0.25) is 0 Å². The van der Waals surface area contributed by atoms with Gasteiger partial charge in [0.05, 0.1) is 23.3 Å². The van der Waals surface area contributed by atoms with E-state index in [0.29, 0.717) is 57.0 Å². The van der Waals surface area contributed by atoms with Gasteiger partial charge in [0, 0.05) is 44.9 Å². The Hall–Kier alpha value is -4.88. The topological polar surface area (TPSA) is 106 Å². The van der Waals surface area contributed by atoms with E-state index < -0.39 is 0 Å². The van der Waals surface area contributed by atoms with E-state index >= 15 is 0 Å². The smallest absolute Gasteiger partial charge is 0.357 e. The molecule has 8 bridgehead atoms. The molecular formula is C39H44N8Zn. The summed E-state index contributed by atoms with van der Waals surface area (Å²) >= 11 is 0. The molecule has 0 spiro atoms. The molecule has 0 aliphatic carbocycles. The minimum Gasteiger partial charge on any atom is -0.357 e. The first-order chi connectivity index (χ1) is 23.0. The monoisotopic (exact) mass is 688 g/mol. The van der Waals surface area contributed by atoms with Crippen LogP contribution in [0.3, 0.4) is 0 Å². The average Bonchev–Trinajstić information content (AvgIpc) is 3.82. The van der Waals surface area contributed by atoms with Gasteiger partial charge < -0.3 is 29.9 Å². The molecular weight excluding hydrogens is 646 g/mol. The van der Waals surface area contributed by atoms with Crippen molar-refractivity contribution in [3.8, 4) is 0 Å². The summed E-state index contributed by atoms with van der Waals surface area (Å²) in [5.41, 5.74) is 6.65. The number of aromatic nitrogens is 8. The summed E-state index contributed by atoms with van der Waals surface area (Å²) in [5, 5.41) is 1.68. The first kappa shape index (κ1) is 39.3. The molecule has 0 saturated heterocycles. The third kappa shape index (κ3) is 7.47. The Balaban J connectivity index is 0.00000108. The Kier molecular flexibility index (Phi) is 15.1. The molecule has 48 heavy (non-hydrogen) atoms. The molecule has 9 heteroatoms. The average molecular weight is 690 g/mol. The third-order valence-electron chi connectivity index (χ3n) is 6.91. The molecule has 0 fully saturated rings. The molecule has 4 aromatic rings. The quantitative estimate of drug-likeness (QED) is 0.191. The normalized spacial score (nSPS) is 12.0.